The van der Waals surface area contributed by atoms with Crippen LogP contribution in [0.15, 0.2) is 47.2 Å². The van der Waals surface area contributed by atoms with Gasteiger partial charge < -0.3 is 9.47 Å². The molecule has 0 aliphatic carbocycles. The first-order valence-electron chi connectivity index (χ1n) is 9.57. The van der Waals surface area contributed by atoms with Crippen molar-refractivity contribution < 1.29 is 14.3 Å². The summed E-state index contributed by atoms with van der Waals surface area (Å²) in [5.41, 5.74) is 1.82. The lowest BCUT2D eigenvalue weighted by atomic mass is 9.78. The molecule has 1 amide bonds. The lowest BCUT2D eigenvalue weighted by molar-refractivity contribution is -0.0741. The normalized spacial score (nSPS) is 25.9. The standard InChI is InChI=1S/C21H24BrN3O3/c1-27-18-10-14(12-23-13-18)11-19-20(15-6-8-25(19)9-7-15)28-21(26)24-17-4-2-16(22)3-5-17/h2-5,10,12-13,15,19-20H,6-9,11H2,1H3,(H,24,26)/t19-,20-/m1/s1. The molecule has 0 saturated carbocycles. The van der Waals surface area contributed by atoms with E-state index < -0.39 is 6.09 Å². The number of piperidine rings is 3. The number of nitrogens with one attached hydrogen (secondary N) is 1. The number of ether oxygens (including phenoxy) is 2. The maximum Gasteiger partial charge on any atom is 0.411 e. The van der Waals surface area contributed by atoms with Crippen LogP contribution in [0.25, 0.3) is 0 Å². The molecule has 1 aromatic carbocycles. The second-order valence-corrected chi connectivity index (χ2v) is 8.30. The molecule has 0 unspecified atom stereocenters. The van der Waals surface area contributed by atoms with E-state index in [0.29, 0.717) is 5.92 Å². The van der Waals surface area contributed by atoms with Gasteiger partial charge in [-0.05, 0) is 68.2 Å². The van der Waals surface area contributed by atoms with Crippen molar-refractivity contribution in [1.29, 1.82) is 0 Å². The molecular formula is C21H24BrN3O3. The predicted octanol–water partition coefficient (Wildman–Crippen LogP) is 4.11. The molecule has 2 bridgehead atoms. The third-order valence-corrected chi connectivity index (χ3v) is 6.20. The Labute approximate surface area is 173 Å². The summed E-state index contributed by atoms with van der Waals surface area (Å²) in [4.78, 5) is 19.3. The minimum absolute atomic E-state index is 0.121. The Morgan fingerprint density at radius 1 is 1.25 bits per heavy atom. The summed E-state index contributed by atoms with van der Waals surface area (Å²) in [6, 6.07) is 9.65. The molecule has 3 fully saturated rings. The van der Waals surface area contributed by atoms with Gasteiger partial charge >= 0.3 is 6.09 Å². The van der Waals surface area contributed by atoms with Crippen molar-refractivity contribution >= 4 is 27.7 Å². The molecule has 4 heterocycles. The summed E-state index contributed by atoms with van der Waals surface area (Å²) < 4.78 is 12.2. The number of pyridine rings is 1. The molecule has 0 radical (unpaired) electrons. The van der Waals surface area contributed by atoms with E-state index in [2.05, 4.69) is 31.1 Å². The Kier molecular flexibility index (Phi) is 5.82. The molecule has 28 heavy (non-hydrogen) atoms. The van der Waals surface area contributed by atoms with Gasteiger partial charge in [0, 0.05) is 22.3 Å². The van der Waals surface area contributed by atoms with Gasteiger partial charge in [0.1, 0.15) is 11.9 Å². The first kappa shape index (κ1) is 19.2. The van der Waals surface area contributed by atoms with Crippen LogP contribution in [0.1, 0.15) is 18.4 Å². The third kappa shape index (κ3) is 4.31. The SMILES string of the molecule is COc1cncc(C[C@@H]2[C@H](OC(=O)Nc3ccc(Br)cc3)C3CCN2CC3)c1. The molecule has 5 rings (SSSR count). The third-order valence-electron chi connectivity index (χ3n) is 5.67. The molecule has 148 valence electrons. The zero-order valence-electron chi connectivity index (χ0n) is 15.8. The van der Waals surface area contributed by atoms with Gasteiger partial charge in [-0.25, -0.2) is 4.79 Å². The first-order chi connectivity index (χ1) is 13.6. The highest BCUT2D eigenvalue weighted by atomic mass is 79.9. The average molecular weight is 446 g/mol. The van der Waals surface area contributed by atoms with Crippen molar-refractivity contribution in [1.82, 2.24) is 9.88 Å². The number of benzene rings is 1. The number of rotatable bonds is 5. The van der Waals surface area contributed by atoms with Crippen LogP contribution in [0, 0.1) is 5.92 Å². The molecule has 7 heteroatoms. The molecule has 6 nitrogen and oxygen atoms in total. The smallest absolute Gasteiger partial charge is 0.411 e. The molecular weight excluding hydrogens is 422 g/mol. The average Bonchev–Trinajstić information content (AvgIpc) is 2.72. The van der Waals surface area contributed by atoms with Crippen molar-refractivity contribution in [2.45, 2.75) is 31.4 Å². The Morgan fingerprint density at radius 3 is 2.71 bits per heavy atom. The Hall–Kier alpha value is -2.12. The topological polar surface area (TPSA) is 63.7 Å². The number of fused-ring (bicyclic) bond motifs is 3. The zero-order valence-corrected chi connectivity index (χ0v) is 17.4. The monoisotopic (exact) mass is 445 g/mol. The molecule has 0 spiro atoms. The minimum Gasteiger partial charge on any atom is -0.495 e. The summed E-state index contributed by atoms with van der Waals surface area (Å²) in [6.07, 6.45) is 5.99. The van der Waals surface area contributed by atoms with Crippen molar-refractivity contribution in [2.75, 3.05) is 25.5 Å². The van der Waals surface area contributed by atoms with Crippen LogP contribution in [0.5, 0.6) is 5.75 Å². The second-order valence-electron chi connectivity index (χ2n) is 7.38. The van der Waals surface area contributed by atoms with Crippen LogP contribution in [0.3, 0.4) is 0 Å². The fraction of sp³-hybridized carbons (Fsp3) is 0.429. The number of halogens is 1. The van der Waals surface area contributed by atoms with Gasteiger partial charge in [-0.1, -0.05) is 15.9 Å². The number of aromatic nitrogens is 1. The summed E-state index contributed by atoms with van der Waals surface area (Å²) in [6.45, 7) is 2.11. The quantitative estimate of drug-likeness (QED) is 0.749. The van der Waals surface area contributed by atoms with E-state index >= 15 is 0 Å². The molecule has 1 aromatic heterocycles. The van der Waals surface area contributed by atoms with Crippen LogP contribution >= 0.6 is 15.9 Å². The number of amides is 1. The minimum atomic E-state index is -0.394. The van der Waals surface area contributed by atoms with Gasteiger partial charge in [0.15, 0.2) is 0 Å². The fourth-order valence-corrected chi connectivity index (χ4v) is 4.52. The van der Waals surface area contributed by atoms with Gasteiger partial charge in [-0.15, -0.1) is 0 Å². The largest absolute Gasteiger partial charge is 0.495 e. The summed E-state index contributed by atoms with van der Waals surface area (Å²) in [7, 11) is 1.64. The zero-order chi connectivity index (χ0) is 19.5. The van der Waals surface area contributed by atoms with E-state index in [1.54, 1.807) is 13.3 Å². The van der Waals surface area contributed by atoms with Gasteiger partial charge in [0.25, 0.3) is 0 Å². The maximum atomic E-state index is 12.5. The van der Waals surface area contributed by atoms with Crippen molar-refractivity contribution in [3.05, 3.63) is 52.8 Å². The number of hydrogen-bond donors (Lipinski definition) is 1. The lowest BCUT2D eigenvalue weighted by Gasteiger charge is -2.50. The second kappa shape index (κ2) is 8.49. The molecule has 2 aromatic rings. The van der Waals surface area contributed by atoms with Crippen LogP contribution < -0.4 is 10.1 Å². The van der Waals surface area contributed by atoms with Crippen LogP contribution in [-0.4, -0.2) is 48.3 Å². The fourth-order valence-electron chi connectivity index (χ4n) is 4.25. The van der Waals surface area contributed by atoms with E-state index in [-0.39, 0.29) is 12.1 Å². The predicted molar refractivity (Wildman–Crippen MR) is 111 cm³/mol. The highest BCUT2D eigenvalue weighted by molar-refractivity contribution is 9.10. The molecule has 3 aliphatic rings. The highest BCUT2D eigenvalue weighted by Crippen LogP contribution is 2.36. The van der Waals surface area contributed by atoms with Crippen molar-refractivity contribution in [3.63, 3.8) is 0 Å². The van der Waals surface area contributed by atoms with Gasteiger partial charge in [-0.2, -0.15) is 0 Å². The highest BCUT2D eigenvalue weighted by Gasteiger charge is 2.44. The molecule has 1 N–H and O–H groups in total. The first-order valence-corrected chi connectivity index (χ1v) is 10.4. The van der Waals surface area contributed by atoms with E-state index in [1.807, 2.05) is 36.5 Å². The van der Waals surface area contributed by atoms with Gasteiger partial charge in [-0.3, -0.25) is 15.2 Å². The van der Waals surface area contributed by atoms with Crippen molar-refractivity contribution in [2.24, 2.45) is 5.92 Å². The van der Waals surface area contributed by atoms with Gasteiger partial charge in [0.05, 0.1) is 19.3 Å². The van der Waals surface area contributed by atoms with E-state index in [1.165, 1.54) is 0 Å². The Bertz CT molecular complexity index is 822. The molecule has 3 saturated heterocycles. The van der Waals surface area contributed by atoms with Crippen LogP contribution in [0.4, 0.5) is 10.5 Å². The van der Waals surface area contributed by atoms with E-state index in [9.17, 15) is 4.79 Å². The summed E-state index contributed by atoms with van der Waals surface area (Å²) in [5, 5.41) is 2.85. The van der Waals surface area contributed by atoms with E-state index in [0.717, 1.165) is 53.8 Å². The number of hydrogen-bond acceptors (Lipinski definition) is 5. The summed E-state index contributed by atoms with van der Waals surface area (Å²) in [5.74, 6) is 1.16. The van der Waals surface area contributed by atoms with Crippen LogP contribution in [-0.2, 0) is 11.2 Å². The van der Waals surface area contributed by atoms with E-state index in [4.69, 9.17) is 9.47 Å². The number of anilines is 1. The summed E-state index contributed by atoms with van der Waals surface area (Å²) >= 11 is 3.40. The number of nitrogens with zero attached hydrogens (tertiary/aromatic N) is 2. The molecule has 3 aliphatic heterocycles. The van der Waals surface area contributed by atoms with Crippen molar-refractivity contribution in [3.8, 4) is 5.75 Å². The maximum absolute atomic E-state index is 12.5. The Balaban J connectivity index is 1.46. The Morgan fingerprint density at radius 2 is 2.00 bits per heavy atom. The number of carbonyl (C=O) groups excluding carboxylic acids is 1. The number of carbonyl (C=O) groups is 1. The van der Waals surface area contributed by atoms with Gasteiger partial charge in [0.2, 0.25) is 0 Å². The number of methoxy groups -OCH3 is 1. The molecule has 2 atom stereocenters. The lowest BCUT2D eigenvalue weighted by Crippen LogP contribution is -2.60. The van der Waals surface area contributed by atoms with Crippen LogP contribution in [0.2, 0.25) is 0 Å².